The Kier molecular flexibility index (Phi) is 3.95. The van der Waals surface area contributed by atoms with Gasteiger partial charge in [-0.1, -0.05) is 0 Å². The lowest BCUT2D eigenvalue weighted by Gasteiger charge is -2.41. The number of alkyl carbamates (subject to hydrolysis) is 1. The van der Waals surface area contributed by atoms with E-state index < -0.39 is 0 Å². The van der Waals surface area contributed by atoms with Gasteiger partial charge in [0.15, 0.2) is 0 Å². The summed E-state index contributed by atoms with van der Waals surface area (Å²) in [6.07, 6.45) is 2.23. The van der Waals surface area contributed by atoms with Crippen molar-refractivity contribution in [1.82, 2.24) is 15.5 Å². The third kappa shape index (κ3) is 2.98. The summed E-state index contributed by atoms with van der Waals surface area (Å²) in [4.78, 5) is 25.3. The molecule has 0 aromatic rings. The van der Waals surface area contributed by atoms with Gasteiger partial charge in [-0.3, -0.25) is 0 Å². The molecule has 20 heavy (non-hydrogen) atoms. The van der Waals surface area contributed by atoms with Gasteiger partial charge in [-0.05, 0) is 19.3 Å². The van der Waals surface area contributed by atoms with E-state index in [4.69, 9.17) is 9.47 Å². The van der Waals surface area contributed by atoms with E-state index in [-0.39, 0.29) is 24.2 Å². The summed E-state index contributed by atoms with van der Waals surface area (Å²) in [5, 5.41) is 5.86. The number of hydrogen-bond donors (Lipinski definition) is 2. The molecule has 3 saturated heterocycles. The molecular formula is C13H21N3O4. The van der Waals surface area contributed by atoms with Crippen LogP contribution in [0.5, 0.6) is 0 Å². The first kappa shape index (κ1) is 13.5. The highest BCUT2D eigenvalue weighted by atomic mass is 16.6. The molecule has 7 nitrogen and oxygen atoms in total. The molecule has 0 saturated carbocycles. The topological polar surface area (TPSA) is 79.9 Å². The van der Waals surface area contributed by atoms with Gasteiger partial charge in [0, 0.05) is 38.3 Å². The van der Waals surface area contributed by atoms with E-state index in [1.54, 1.807) is 4.90 Å². The molecule has 7 heteroatoms. The molecule has 0 unspecified atom stereocenters. The van der Waals surface area contributed by atoms with Crippen LogP contribution in [-0.2, 0) is 9.47 Å². The first-order chi connectivity index (χ1) is 9.72. The second-order valence-corrected chi connectivity index (χ2v) is 5.68. The minimum atomic E-state index is -0.377. The molecule has 0 spiro atoms. The highest BCUT2D eigenvalue weighted by Crippen LogP contribution is 2.21. The quantitative estimate of drug-likeness (QED) is 0.725. The first-order valence-electron chi connectivity index (χ1n) is 7.29. The van der Waals surface area contributed by atoms with Crippen LogP contribution in [0.15, 0.2) is 0 Å². The van der Waals surface area contributed by atoms with Gasteiger partial charge >= 0.3 is 12.1 Å². The van der Waals surface area contributed by atoms with Crippen molar-refractivity contribution in [1.29, 1.82) is 0 Å². The van der Waals surface area contributed by atoms with Crippen LogP contribution in [0.2, 0.25) is 0 Å². The van der Waals surface area contributed by atoms with Crippen molar-refractivity contribution in [3.8, 4) is 0 Å². The Morgan fingerprint density at radius 1 is 1.30 bits per heavy atom. The van der Waals surface area contributed by atoms with Gasteiger partial charge in [0.2, 0.25) is 0 Å². The number of nitrogens with one attached hydrogen (secondary N) is 2. The molecular weight excluding hydrogens is 262 g/mol. The van der Waals surface area contributed by atoms with E-state index in [1.807, 2.05) is 0 Å². The Hall–Kier alpha value is -1.50. The Morgan fingerprint density at radius 2 is 2.10 bits per heavy atom. The smallest absolute Gasteiger partial charge is 0.407 e. The zero-order valence-electron chi connectivity index (χ0n) is 11.5. The fraction of sp³-hybridized carbons (Fsp3) is 0.846. The molecule has 3 amide bonds. The molecule has 0 aromatic carbocycles. The lowest BCUT2D eigenvalue weighted by atomic mass is 9.91. The van der Waals surface area contributed by atoms with E-state index in [1.165, 1.54) is 0 Å². The number of fused-ring (bicyclic) bond motifs is 1. The maximum absolute atomic E-state index is 12.3. The SMILES string of the molecule is O=C1N[C@@H]2CN(C(=O)NC3CCOCC3)CC[C@H]2CO1. The van der Waals surface area contributed by atoms with E-state index in [2.05, 4.69) is 10.6 Å². The lowest BCUT2D eigenvalue weighted by molar-refractivity contribution is 0.0452. The number of nitrogens with zero attached hydrogens (tertiary/aromatic N) is 1. The maximum Gasteiger partial charge on any atom is 0.407 e. The van der Waals surface area contributed by atoms with E-state index in [0.717, 1.165) is 25.8 Å². The van der Waals surface area contributed by atoms with Gasteiger partial charge in [-0.25, -0.2) is 9.59 Å². The van der Waals surface area contributed by atoms with Crippen molar-refractivity contribution < 1.29 is 19.1 Å². The van der Waals surface area contributed by atoms with Crippen LogP contribution in [0.3, 0.4) is 0 Å². The average molecular weight is 283 g/mol. The number of carbonyl (C=O) groups is 2. The summed E-state index contributed by atoms with van der Waals surface area (Å²) < 4.78 is 10.3. The zero-order valence-corrected chi connectivity index (χ0v) is 11.5. The summed E-state index contributed by atoms with van der Waals surface area (Å²) in [7, 11) is 0. The molecule has 2 N–H and O–H groups in total. The van der Waals surface area contributed by atoms with Crippen molar-refractivity contribution in [3.05, 3.63) is 0 Å². The summed E-state index contributed by atoms with van der Waals surface area (Å²) in [6.45, 7) is 3.17. The van der Waals surface area contributed by atoms with E-state index in [0.29, 0.717) is 32.3 Å². The number of likely N-dealkylation sites (tertiary alicyclic amines) is 1. The number of hydrogen-bond acceptors (Lipinski definition) is 4. The van der Waals surface area contributed by atoms with Gasteiger partial charge in [-0.15, -0.1) is 0 Å². The maximum atomic E-state index is 12.3. The molecule has 3 rings (SSSR count). The zero-order chi connectivity index (χ0) is 13.9. The number of cyclic esters (lactones) is 1. The third-order valence-corrected chi connectivity index (χ3v) is 4.32. The van der Waals surface area contributed by atoms with Gasteiger partial charge in [0.25, 0.3) is 0 Å². The van der Waals surface area contributed by atoms with Crippen LogP contribution in [0, 0.1) is 5.92 Å². The normalized spacial score (nSPS) is 31.0. The van der Waals surface area contributed by atoms with Crippen molar-refractivity contribution in [2.45, 2.75) is 31.3 Å². The molecule has 0 aliphatic carbocycles. The number of carbonyl (C=O) groups excluding carboxylic acids is 2. The van der Waals surface area contributed by atoms with Crippen molar-refractivity contribution >= 4 is 12.1 Å². The Labute approximate surface area is 118 Å². The Bertz CT molecular complexity index is 384. The second-order valence-electron chi connectivity index (χ2n) is 5.68. The van der Waals surface area contributed by atoms with Crippen molar-refractivity contribution in [2.75, 3.05) is 32.9 Å². The fourth-order valence-electron chi connectivity index (χ4n) is 3.03. The number of rotatable bonds is 1. The standard InChI is InChI=1S/C13H21N3O4/c17-12(14-10-2-5-19-6-3-10)16-4-1-9-8-20-13(18)15-11(9)7-16/h9-11H,1-8H2,(H,14,17)(H,15,18)/t9-,11+/m0/s1. The molecule has 3 aliphatic rings. The molecule has 3 fully saturated rings. The second kappa shape index (κ2) is 5.87. The predicted molar refractivity (Wildman–Crippen MR) is 70.3 cm³/mol. The largest absolute Gasteiger partial charge is 0.449 e. The predicted octanol–water partition coefficient (Wildman–Crippen LogP) is 0.305. The van der Waals surface area contributed by atoms with Gasteiger partial charge in [-0.2, -0.15) is 0 Å². The summed E-state index contributed by atoms with van der Waals surface area (Å²) in [6, 6.07) is 0.194. The lowest BCUT2D eigenvalue weighted by Crippen LogP contribution is -2.60. The first-order valence-corrected chi connectivity index (χ1v) is 7.29. The molecule has 0 bridgehead atoms. The average Bonchev–Trinajstić information content (AvgIpc) is 2.47. The molecule has 2 atom stereocenters. The number of amides is 3. The van der Waals surface area contributed by atoms with Gasteiger partial charge in [0.05, 0.1) is 12.6 Å². The van der Waals surface area contributed by atoms with E-state index in [9.17, 15) is 9.59 Å². The number of urea groups is 1. The molecule has 0 aromatic heterocycles. The van der Waals surface area contributed by atoms with E-state index >= 15 is 0 Å². The summed E-state index contributed by atoms with van der Waals surface area (Å²) in [5.41, 5.74) is 0. The Morgan fingerprint density at radius 3 is 2.90 bits per heavy atom. The highest BCUT2D eigenvalue weighted by molar-refractivity contribution is 5.75. The van der Waals surface area contributed by atoms with Crippen LogP contribution in [0.4, 0.5) is 9.59 Å². The Balaban J connectivity index is 1.52. The molecule has 3 heterocycles. The van der Waals surface area contributed by atoms with Crippen molar-refractivity contribution in [2.24, 2.45) is 5.92 Å². The number of ether oxygens (including phenoxy) is 2. The molecule has 112 valence electrons. The summed E-state index contributed by atoms with van der Waals surface area (Å²) in [5.74, 6) is 0.319. The van der Waals surface area contributed by atoms with Gasteiger partial charge < -0.3 is 25.0 Å². The monoisotopic (exact) mass is 283 g/mol. The van der Waals surface area contributed by atoms with Crippen molar-refractivity contribution in [3.63, 3.8) is 0 Å². The van der Waals surface area contributed by atoms with Crippen LogP contribution < -0.4 is 10.6 Å². The highest BCUT2D eigenvalue weighted by Gasteiger charge is 2.36. The third-order valence-electron chi connectivity index (χ3n) is 4.32. The number of piperidine rings is 1. The van der Waals surface area contributed by atoms with Crippen LogP contribution in [-0.4, -0.2) is 62.0 Å². The van der Waals surface area contributed by atoms with Crippen LogP contribution >= 0.6 is 0 Å². The summed E-state index contributed by atoms with van der Waals surface area (Å²) >= 11 is 0. The minimum Gasteiger partial charge on any atom is -0.449 e. The van der Waals surface area contributed by atoms with Gasteiger partial charge in [0.1, 0.15) is 0 Å². The molecule has 0 radical (unpaired) electrons. The van der Waals surface area contributed by atoms with Crippen LogP contribution in [0.1, 0.15) is 19.3 Å². The fourth-order valence-corrected chi connectivity index (χ4v) is 3.03. The minimum absolute atomic E-state index is 0.0189. The van der Waals surface area contributed by atoms with Crippen LogP contribution in [0.25, 0.3) is 0 Å². The molecule has 3 aliphatic heterocycles.